The molecule has 0 aliphatic carbocycles. The van der Waals surface area contributed by atoms with Crippen LogP contribution in [-0.4, -0.2) is 43.3 Å². The van der Waals surface area contributed by atoms with Gasteiger partial charge in [-0.25, -0.2) is 4.98 Å². The Hall–Kier alpha value is -1.36. The first-order valence-corrected chi connectivity index (χ1v) is 5.98. The quantitative estimate of drug-likeness (QED) is 0.784. The molecule has 5 heteroatoms. The number of nitrogens with one attached hydrogen (secondary N) is 1. The van der Waals surface area contributed by atoms with E-state index in [1.165, 1.54) is 0 Å². The number of aromatic nitrogens is 2. The number of rotatable bonds is 7. The molecule has 0 bridgehead atoms. The monoisotopic (exact) mass is 238 g/mol. The molecule has 0 amide bonds. The van der Waals surface area contributed by atoms with Crippen molar-refractivity contribution in [3.63, 3.8) is 0 Å². The normalized spacial score (nSPS) is 12.2. The highest BCUT2D eigenvalue weighted by Gasteiger charge is 2.08. The first-order chi connectivity index (χ1) is 8.17. The molecule has 0 aromatic carbocycles. The molecule has 17 heavy (non-hydrogen) atoms. The molecule has 0 aliphatic heterocycles. The Morgan fingerprint density at radius 1 is 1.53 bits per heavy atom. The molecule has 0 aliphatic rings. The molecule has 1 unspecified atom stereocenters. The second-order valence-corrected chi connectivity index (χ2v) is 4.09. The minimum absolute atomic E-state index is 0.182. The predicted molar refractivity (Wildman–Crippen MR) is 70.6 cm³/mol. The fraction of sp³-hybridized carbons (Fsp3) is 0.667. The van der Waals surface area contributed by atoms with Gasteiger partial charge in [0.05, 0.1) is 6.10 Å². The summed E-state index contributed by atoms with van der Waals surface area (Å²) in [7, 11) is 3.72. The number of hydrogen-bond donors (Lipinski definition) is 1. The van der Waals surface area contributed by atoms with Crippen LogP contribution in [0.25, 0.3) is 0 Å². The van der Waals surface area contributed by atoms with Crippen molar-refractivity contribution in [3.05, 3.63) is 12.3 Å². The van der Waals surface area contributed by atoms with Crippen LogP contribution in [0.1, 0.15) is 20.3 Å². The summed E-state index contributed by atoms with van der Waals surface area (Å²) in [6, 6.07) is 1.90. The van der Waals surface area contributed by atoms with Gasteiger partial charge >= 0.3 is 0 Å². The van der Waals surface area contributed by atoms with Crippen LogP contribution < -0.4 is 10.2 Å². The Bertz CT molecular complexity index is 332. The lowest BCUT2D eigenvalue weighted by Crippen LogP contribution is -2.29. The lowest BCUT2D eigenvalue weighted by molar-refractivity contribution is 0.124. The Balaban J connectivity index is 2.63. The van der Waals surface area contributed by atoms with Crippen LogP contribution in [0.2, 0.25) is 0 Å². The number of ether oxygens (including phenoxy) is 1. The van der Waals surface area contributed by atoms with E-state index in [0.717, 1.165) is 25.3 Å². The van der Waals surface area contributed by atoms with Crippen molar-refractivity contribution in [2.45, 2.75) is 26.4 Å². The van der Waals surface area contributed by atoms with Crippen molar-refractivity contribution in [1.29, 1.82) is 0 Å². The standard InChI is InChI=1S/C12H22N4O/c1-5-7-13-12-14-8-6-11(15-12)16(3)9-10(2)17-4/h6,8,10H,5,7,9H2,1-4H3,(H,13,14,15). The van der Waals surface area contributed by atoms with Gasteiger partial charge in [0, 0.05) is 33.4 Å². The largest absolute Gasteiger partial charge is 0.380 e. The predicted octanol–water partition coefficient (Wildman–Crippen LogP) is 1.77. The molecular weight excluding hydrogens is 216 g/mol. The van der Waals surface area contributed by atoms with Gasteiger partial charge in [0.15, 0.2) is 0 Å². The maximum Gasteiger partial charge on any atom is 0.224 e. The van der Waals surface area contributed by atoms with E-state index in [1.807, 2.05) is 20.0 Å². The molecule has 1 aromatic heterocycles. The van der Waals surface area contributed by atoms with E-state index in [1.54, 1.807) is 13.3 Å². The zero-order valence-electron chi connectivity index (χ0n) is 11.1. The molecule has 0 saturated heterocycles. The summed E-state index contributed by atoms with van der Waals surface area (Å²) < 4.78 is 5.24. The average molecular weight is 238 g/mol. The second-order valence-electron chi connectivity index (χ2n) is 4.09. The molecular formula is C12H22N4O. The van der Waals surface area contributed by atoms with Gasteiger partial charge in [-0.15, -0.1) is 0 Å². The molecule has 1 rings (SSSR count). The summed E-state index contributed by atoms with van der Waals surface area (Å²) in [6.07, 6.45) is 3.01. The molecule has 5 nitrogen and oxygen atoms in total. The Morgan fingerprint density at radius 3 is 2.94 bits per heavy atom. The SMILES string of the molecule is CCCNc1nccc(N(C)CC(C)OC)n1. The van der Waals surface area contributed by atoms with Gasteiger partial charge in [-0.3, -0.25) is 0 Å². The molecule has 0 spiro atoms. The van der Waals surface area contributed by atoms with Gasteiger partial charge in [-0.05, 0) is 19.4 Å². The molecule has 0 fully saturated rings. The summed E-state index contributed by atoms with van der Waals surface area (Å²) in [5, 5.41) is 3.18. The minimum Gasteiger partial charge on any atom is -0.380 e. The first-order valence-electron chi connectivity index (χ1n) is 5.98. The highest BCUT2D eigenvalue weighted by atomic mass is 16.5. The molecule has 0 saturated carbocycles. The van der Waals surface area contributed by atoms with Gasteiger partial charge in [0.1, 0.15) is 5.82 Å². The van der Waals surface area contributed by atoms with Gasteiger partial charge in [-0.2, -0.15) is 4.98 Å². The van der Waals surface area contributed by atoms with E-state index in [9.17, 15) is 0 Å². The number of hydrogen-bond acceptors (Lipinski definition) is 5. The van der Waals surface area contributed by atoms with Gasteiger partial charge < -0.3 is 15.0 Å². The van der Waals surface area contributed by atoms with Crippen LogP contribution in [0, 0.1) is 0 Å². The van der Waals surface area contributed by atoms with E-state index in [2.05, 4.69) is 27.1 Å². The number of anilines is 2. The van der Waals surface area contributed by atoms with Gasteiger partial charge in [0.2, 0.25) is 5.95 Å². The third-order valence-electron chi connectivity index (χ3n) is 2.50. The summed E-state index contributed by atoms with van der Waals surface area (Å²) in [5.41, 5.74) is 0. The summed E-state index contributed by atoms with van der Waals surface area (Å²) in [4.78, 5) is 10.7. The topological polar surface area (TPSA) is 50.3 Å². The fourth-order valence-electron chi connectivity index (χ4n) is 1.44. The fourth-order valence-corrected chi connectivity index (χ4v) is 1.44. The Morgan fingerprint density at radius 2 is 2.29 bits per heavy atom. The number of nitrogens with zero attached hydrogens (tertiary/aromatic N) is 3. The highest BCUT2D eigenvalue weighted by Crippen LogP contribution is 2.11. The zero-order chi connectivity index (χ0) is 12.7. The van der Waals surface area contributed by atoms with E-state index >= 15 is 0 Å². The van der Waals surface area contributed by atoms with Crippen molar-refractivity contribution in [3.8, 4) is 0 Å². The van der Waals surface area contributed by atoms with Crippen molar-refractivity contribution in [2.75, 3.05) is 37.5 Å². The molecule has 96 valence electrons. The van der Waals surface area contributed by atoms with Crippen LogP contribution in [0.15, 0.2) is 12.3 Å². The van der Waals surface area contributed by atoms with E-state index < -0.39 is 0 Å². The lowest BCUT2D eigenvalue weighted by Gasteiger charge is -2.21. The summed E-state index contributed by atoms with van der Waals surface area (Å²) >= 11 is 0. The van der Waals surface area contributed by atoms with Crippen LogP contribution in [0.5, 0.6) is 0 Å². The van der Waals surface area contributed by atoms with E-state index in [4.69, 9.17) is 4.74 Å². The molecule has 1 atom stereocenters. The van der Waals surface area contributed by atoms with Gasteiger partial charge in [0.25, 0.3) is 0 Å². The minimum atomic E-state index is 0.182. The van der Waals surface area contributed by atoms with Crippen LogP contribution in [0.3, 0.4) is 0 Å². The number of methoxy groups -OCH3 is 1. The lowest BCUT2D eigenvalue weighted by atomic mass is 10.3. The number of likely N-dealkylation sites (N-methyl/N-ethyl adjacent to an activating group) is 1. The maximum absolute atomic E-state index is 5.24. The first kappa shape index (κ1) is 13.7. The van der Waals surface area contributed by atoms with Gasteiger partial charge in [-0.1, -0.05) is 6.92 Å². The average Bonchev–Trinajstić information content (AvgIpc) is 2.36. The van der Waals surface area contributed by atoms with Crippen molar-refractivity contribution < 1.29 is 4.74 Å². The summed E-state index contributed by atoms with van der Waals surface area (Å²) in [5.74, 6) is 1.59. The second kappa shape index (κ2) is 7.06. The summed E-state index contributed by atoms with van der Waals surface area (Å²) in [6.45, 7) is 5.85. The van der Waals surface area contributed by atoms with Crippen molar-refractivity contribution in [1.82, 2.24) is 9.97 Å². The van der Waals surface area contributed by atoms with Crippen LogP contribution >= 0.6 is 0 Å². The smallest absolute Gasteiger partial charge is 0.224 e. The Kier molecular flexibility index (Phi) is 5.69. The third-order valence-corrected chi connectivity index (χ3v) is 2.50. The third kappa shape index (κ3) is 4.56. The Labute approximate surface area is 103 Å². The van der Waals surface area contributed by atoms with Crippen LogP contribution in [0.4, 0.5) is 11.8 Å². The van der Waals surface area contributed by atoms with Crippen LogP contribution in [-0.2, 0) is 4.74 Å². The van der Waals surface area contributed by atoms with E-state index in [0.29, 0.717) is 5.95 Å². The molecule has 1 heterocycles. The maximum atomic E-state index is 5.24. The van der Waals surface area contributed by atoms with E-state index in [-0.39, 0.29) is 6.10 Å². The van der Waals surface area contributed by atoms with Crippen molar-refractivity contribution in [2.24, 2.45) is 0 Å². The van der Waals surface area contributed by atoms with Crippen molar-refractivity contribution >= 4 is 11.8 Å². The molecule has 0 radical (unpaired) electrons. The highest BCUT2D eigenvalue weighted by molar-refractivity contribution is 5.41. The zero-order valence-corrected chi connectivity index (χ0v) is 11.1. The molecule has 1 N–H and O–H groups in total. The molecule has 1 aromatic rings.